The maximum absolute atomic E-state index is 8.57. The van der Waals surface area contributed by atoms with Gasteiger partial charge in [0.15, 0.2) is 0 Å². The Balaban J connectivity index is 2.15. The summed E-state index contributed by atoms with van der Waals surface area (Å²) in [5.74, 6) is 0.459. The number of hydrogen-bond acceptors (Lipinski definition) is 3. The fraction of sp³-hybridized carbons (Fsp3) is 0.429. The molecule has 0 N–H and O–H groups in total. The fourth-order valence-electron chi connectivity index (χ4n) is 0.962. The lowest BCUT2D eigenvalue weighted by Crippen LogP contribution is -2.04. The SMILES string of the molecule is N#Cc1nccn1CC1CO1. The molecule has 2 heterocycles. The topological polar surface area (TPSA) is 54.1 Å². The van der Waals surface area contributed by atoms with Crippen LogP contribution in [0.1, 0.15) is 5.82 Å². The van der Waals surface area contributed by atoms with E-state index >= 15 is 0 Å². The molecular formula is C7H7N3O. The second kappa shape index (κ2) is 2.36. The summed E-state index contributed by atoms with van der Waals surface area (Å²) in [5.41, 5.74) is 0. The molecule has 0 spiro atoms. The molecule has 0 aromatic carbocycles. The van der Waals surface area contributed by atoms with Crippen molar-refractivity contribution in [3.05, 3.63) is 18.2 Å². The van der Waals surface area contributed by atoms with E-state index < -0.39 is 0 Å². The zero-order valence-corrected chi connectivity index (χ0v) is 5.90. The van der Waals surface area contributed by atoms with Gasteiger partial charge in [0.2, 0.25) is 5.82 Å². The van der Waals surface area contributed by atoms with Crippen LogP contribution in [0.3, 0.4) is 0 Å². The van der Waals surface area contributed by atoms with Gasteiger partial charge < -0.3 is 9.30 Å². The quantitative estimate of drug-likeness (QED) is 0.562. The van der Waals surface area contributed by atoms with E-state index in [1.165, 1.54) is 0 Å². The van der Waals surface area contributed by atoms with Gasteiger partial charge in [0.25, 0.3) is 0 Å². The van der Waals surface area contributed by atoms with Crippen LogP contribution in [-0.4, -0.2) is 22.3 Å². The van der Waals surface area contributed by atoms with Gasteiger partial charge in [-0.05, 0) is 0 Å². The third-order valence-corrected chi connectivity index (χ3v) is 1.62. The van der Waals surface area contributed by atoms with Crippen molar-refractivity contribution < 1.29 is 4.74 Å². The third kappa shape index (κ3) is 1.23. The Morgan fingerprint density at radius 1 is 1.91 bits per heavy atom. The van der Waals surface area contributed by atoms with Gasteiger partial charge in [-0.15, -0.1) is 0 Å². The normalized spacial score (nSPS) is 21.2. The van der Waals surface area contributed by atoms with Crippen LogP contribution in [0.25, 0.3) is 0 Å². The van der Waals surface area contributed by atoms with Crippen LogP contribution in [0, 0.1) is 11.3 Å². The summed E-state index contributed by atoms with van der Waals surface area (Å²) < 4.78 is 6.83. The number of ether oxygens (including phenoxy) is 1. The summed E-state index contributed by atoms with van der Waals surface area (Å²) in [6.07, 6.45) is 3.72. The van der Waals surface area contributed by atoms with Crippen molar-refractivity contribution in [3.8, 4) is 6.07 Å². The molecular weight excluding hydrogens is 142 g/mol. The molecule has 1 unspecified atom stereocenters. The Bertz CT molecular complexity index is 295. The Morgan fingerprint density at radius 2 is 2.73 bits per heavy atom. The molecule has 1 fully saturated rings. The van der Waals surface area contributed by atoms with Crippen molar-refractivity contribution in [2.24, 2.45) is 0 Å². The molecule has 0 saturated carbocycles. The largest absolute Gasteiger partial charge is 0.371 e. The van der Waals surface area contributed by atoms with Gasteiger partial charge >= 0.3 is 0 Å². The minimum atomic E-state index is 0.302. The molecule has 4 heteroatoms. The van der Waals surface area contributed by atoms with Gasteiger partial charge in [0.1, 0.15) is 6.07 Å². The van der Waals surface area contributed by atoms with Crippen molar-refractivity contribution >= 4 is 0 Å². The number of rotatable bonds is 2. The summed E-state index contributed by atoms with van der Waals surface area (Å²) >= 11 is 0. The van der Waals surface area contributed by atoms with Crippen LogP contribution in [0.5, 0.6) is 0 Å². The summed E-state index contributed by atoms with van der Waals surface area (Å²) in [6.45, 7) is 1.56. The van der Waals surface area contributed by atoms with E-state index in [0.717, 1.165) is 13.2 Å². The van der Waals surface area contributed by atoms with Crippen molar-refractivity contribution in [1.29, 1.82) is 5.26 Å². The highest BCUT2D eigenvalue weighted by atomic mass is 16.6. The lowest BCUT2D eigenvalue weighted by Gasteiger charge is -1.97. The highest BCUT2D eigenvalue weighted by molar-refractivity contribution is 5.11. The summed E-state index contributed by atoms with van der Waals surface area (Å²) in [7, 11) is 0. The number of epoxide rings is 1. The number of aromatic nitrogens is 2. The summed E-state index contributed by atoms with van der Waals surface area (Å²) in [6, 6.07) is 2.00. The van der Waals surface area contributed by atoms with Crippen molar-refractivity contribution in [2.45, 2.75) is 12.6 Å². The van der Waals surface area contributed by atoms with Gasteiger partial charge in [-0.1, -0.05) is 0 Å². The second-order valence-corrected chi connectivity index (χ2v) is 2.47. The van der Waals surface area contributed by atoms with E-state index in [9.17, 15) is 0 Å². The molecule has 0 bridgehead atoms. The van der Waals surface area contributed by atoms with Gasteiger partial charge in [-0.25, -0.2) is 4.98 Å². The predicted molar refractivity (Wildman–Crippen MR) is 36.7 cm³/mol. The van der Waals surface area contributed by atoms with Crippen LogP contribution in [-0.2, 0) is 11.3 Å². The Morgan fingerprint density at radius 3 is 3.36 bits per heavy atom. The zero-order chi connectivity index (χ0) is 7.68. The number of nitriles is 1. The first-order valence-electron chi connectivity index (χ1n) is 3.43. The predicted octanol–water partition coefficient (Wildman–Crippen LogP) is 0.154. The second-order valence-electron chi connectivity index (χ2n) is 2.47. The van der Waals surface area contributed by atoms with Crippen LogP contribution in [0.2, 0.25) is 0 Å². The first-order valence-corrected chi connectivity index (χ1v) is 3.43. The van der Waals surface area contributed by atoms with Gasteiger partial charge in [0, 0.05) is 12.4 Å². The minimum absolute atomic E-state index is 0.302. The van der Waals surface area contributed by atoms with Crippen LogP contribution < -0.4 is 0 Å². The first-order chi connectivity index (χ1) is 5.40. The molecule has 0 aliphatic carbocycles. The molecule has 0 radical (unpaired) electrons. The summed E-state index contributed by atoms with van der Waals surface area (Å²) in [5, 5.41) is 8.57. The Hall–Kier alpha value is -1.34. The first kappa shape index (κ1) is 6.38. The molecule has 0 amide bonds. The highest BCUT2D eigenvalue weighted by Gasteiger charge is 2.23. The molecule has 1 aromatic heterocycles. The zero-order valence-electron chi connectivity index (χ0n) is 5.90. The lowest BCUT2D eigenvalue weighted by molar-refractivity contribution is 0.382. The fourth-order valence-corrected chi connectivity index (χ4v) is 0.962. The molecule has 4 nitrogen and oxygen atoms in total. The molecule has 1 saturated heterocycles. The van der Waals surface area contributed by atoms with Crippen LogP contribution in [0.15, 0.2) is 12.4 Å². The standard InChI is InChI=1S/C7H7N3O/c8-3-7-9-1-2-10(7)4-6-5-11-6/h1-2,6H,4-5H2. The van der Waals surface area contributed by atoms with Crippen LogP contribution >= 0.6 is 0 Å². The molecule has 11 heavy (non-hydrogen) atoms. The Kier molecular flexibility index (Phi) is 1.37. The summed E-state index contributed by atoms with van der Waals surface area (Å²) in [4.78, 5) is 3.86. The Labute approximate surface area is 64.0 Å². The van der Waals surface area contributed by atoms with Gasteiger partial charge in [0.05, 0.1) is 19.3 Å². The smallest absolute Gasteiger partial charge is 0.212 e. The van der Waals surface area contributed by atoms with Crippen molar-refractivity contribution in [2.75, 3.05) is 6.61 Å². The van der Waals surface area contributed by atoms with Crippen molar-refractivity contribution in [3.63, 3.8) is 0 Å². The monoisotopic (exact) mass is 149 g/mol. The average molecular weight is 149 g/mol. The minimum Gasteiger partial charge on any atom is -0.371 e. The third-order valence-electron chi connectivity index (χ3n) is 1.62. The molecule has 1 aliphatic heterocycles. The number of nitrogens with zero attached hydrogens (tertiary/aromatic N) is 3. The number of imidazole rings is 1. The van der Waals surface area contributed by atoms with E-state index in [1.54, 1.807) is 17.0 Å². The van der Waals surface area contributed by atoms with Crippen molar-refractivity contribution in [1.82, 2.24) is 9.55 Å². The van der Waals surface area contributed by atoms with Gasteiger partial charge in [-0.2, -0.15) is 5.26 Å². The molecule has 2 rings (SSSR count). The molecule has 1 aromatic rings. The lowest BCUT2D eigenvalue weighted by atomic mass is 10.4. The van der Waals surface area contributed by atoms with E-state index in [4.69, 9.17) is 10.00 Å². The number of hydrogen-bond donors (Lipinski definition) is 0. The van der Waals surface area contributed by atoms with E-state index in [0.29, 0.717) is 11.9 Å². The molecule has 1 atom stereocenters. The maximum atomic E-state index is 8.57. The van der Waals surface area contributed by atoms with E-state index in [1.807, 2.05) is 6.07 Å². The molecule has 1 aliphatic rings. The van der Waals surface area contributed by atoms with E-state index in [2.05, 4.69) is 4.98 Å². The maximum Gasteiger partial charge on any atom is 0.212 e. The van der Waals surface area contributed by atoms with Crippen LogP contribution in [0.4, 0.5) is 0 Å². The van der Waals surface area contributed by atoms with Gasteiger partial charge in [-0.3, -0.25) is 0 Å². The average Bonchev–Trinajstić information content (AvgIpc) is 2.68. The van der Waals surface area contributed by atoms with E-state index in [-0.39, 0.29) is 0 Å². The molecule has 56 valence electrons. The highest BCUT2D eigenvalue weighted by Crippen LogP contribution is 2.12.